The standard InChI is InChI=1S/C13H14N4O4S/c14-22(20,21)8-10-3-1-9(2-4-10)7-15-13(19)11-5-6-12(18)17-16-11/h1-6H,7-8H2,(H,15,19)(H,17,18)(H2,14,20,21). The van der Waals surface area contributed by atoms with Crippen molar-refractivity contribution in [3.8, 4) is 0 Å². The molecule has 0 aliphatic rings. The number of hydrogen-bond acceptors (Lipinski definition) is 5. The number of primary sulfonamides is 1. The monoisotopic (exact) mass is 322 g/mol. The summed E-state index contributed by atoms with van der Waals surface area (Å²) in [6, 6.07) is 9.18. The van der Waals surface area contributed by atoms with Gasteiger partial charge in [-0.2, -0.15) is 5.10 Å². The number of nitrogens with zero attached hydrogens (tertiary/aromatic N) is 1. The Labute approximate surface area is 126 Å². The van der Waals surface area contributed by atoms with Crippen LogP contribution < -0.4 is 16.0 Å². The minimum absolute atomic E-state index is 0.102. The van der Waals surface area contributed by atoms with E-state index in [0.717, 1.165) is 5.56 Å². The quantitative estimate of drug-likeness (QED) is 0.681. The van der Waals surface area contributed by atoms with Crippen molar-refractivity contribution in [1.82, 2.24) is 15.5 Å². The van der Waals surface area contributed by atoms with Crippen LogP contribution in [0.3, 0.4) is 0 Å². The molecule has 0 unspecified atom stereocenters. The van der Waals surface area contributed by atoms with E-state index in [9.17, 15) is 18.0 Å². The topological polar surface area (TPSA) is 135 Å². The van der Waals surface area contributed by atoms with Gasteiger partial charge in [-0.1, -0.05) is 24.3 Å². The second kappa shape index (κ2) is 6.50. The summed E-state index contributed by atoms with van der Waals surface area (Å²) in [4.78, 5) is 22.6. The summed E-state index contributed by atoms with van der Waals surface area (Å²) in [5, 5.41) is 13.4. The average Bonchev–Trinajstić information content (AvgIpc) is 2.45. The molecule has 8 nitrogen and oxygen atoms in total. The molecule has 0 saturated heterocycles. The number of benzene rings is 1. The Hall–Kier alpha value is -2.52. The lowest BCUT2D eigenvalue weighted by Gasteiger charge is -2.05. The minimum atomic E-state index is -3.56. The molecule has 1 heterocycles. The lowest BCUT2D eigenvalue weighted by Crippen LogP contribution is -2.25. The van der Waals surface area contributed by atoms with E-state index >= 15 is 0 Å². The Morgan fingerprint density at radius 1 is 1.14 bits per heavy atom. The van der Waals surface area contributed by atoms with Gasteiger partial charge in [0.15, 0.2) is 0 Å². The summed E-state index contributed by atoms with van der Waals surface area (Å²) >= 11 is 0. The zero-order valence-electron chi connectivity index (χ0n) is 11.4. The number of rotatable bonds is 5. The van der Waals surface area contributed by atoms with Gasteiger partial charge in [0.1, 0.15) is 5.69 Å². The fourth-order valence-corrected chi connectivity index (χ4v) is 2.39. The Morgan fingerprint density at radius 2 is 1.77 bits per heavy atom. The lowest BCUT2D eigenvalue weighted by atomic mass is 10.1. The van der Waals surface area contributed by atoms with Crippen LogP contribution in [-0.2, 0) is 22.3 Å². The predicted molar refractivity (Wildman–Crippen MR) is 79.3 cm³/mol. The van der Waals surface area contributed by atoms with Crippen molar-refractivity contribution in [2.45, 2.75) is 12.3 Å². The number of sulfonamides is 1. The van der Waals surface area contributed by atoms with Gasteiger partial charge in [-0.25, -0.2) is 18.7 Å². The Kier molecular flexibility index (Phi) is 4.68. The number of H-pyrrole nitrogens is 1. The van der Waals surface area contributed by atoms with E-state index in [2.05, 4.69) is 15.5 Å². The van der Waals surface area contributed by atoms with Gasteiger partial charge in [-0.15, -0.1) is 0 Å². The molecular weight excluding hydrogens is 308 g/mol. The normalized spacial score (nSPS) is 11.1. The van der Waals surface area contributed by atoms with Gasteiger partial charge in [-0.3, -0.25) is 9.59 Å². The molecule has 1 aromatic carbocycles. The van der Waals surface area contributed by atoms with E-state index < -0.39 is 15.9 Å². The van der Waals surface area contributed by atoms with Crippen LogP contribution in [0.15, 0.2) is 41.2 Å². The van der Waals surface area contributed by atoms with E-state index in [1.54, 1.807) is 24.3 Å². The number of amides is 1. The molecule has 0 aliphatic carbocycles. The van der Waals surface area contributed by atoms with Crippen LogP contribution in [0.5, 0.6) is 0 Å². The Morgan fingerprint density at radius 3 is 2.32 bits per heavy atom. The second-order valence-electron chi connectivity index (χ2n) is 4.61. The third kappa shape index (κ3) is 4.79. The highest BCUT2D eigenvalue weighted by Gasteiger charge is 2.08. The van der Waals surface area contributed by atoms with Crippen molar-refractivity contribution >= 4 is 15.9 Å². The van der Waals surface area contributed by atoms with Crippen molar-refractivity contribution in [2.24, 2.45) is 5.14 Å². The number of aromatic amines is 1. The third-order valence-corrected chi connectivity index (χ3v) is 3.49. The molecule has 1 amide bonds. The molecule has 0 saturated carbocycles. The van der Waals surface area contributed by atoms with E-state index in [-0.39, 0.29) is 23.6 Å². The van der Waals surface area contributed by atoms with Gasteiger partial charge in [0.25, 0.3) is 11.5 Å². The van der Waals surface area contributed by atoms with Crippen molar-refractivity contribution in [1.29, 1.82) is 0 Å². The minimum Gasteiger partial charge on any atom is -0.347 e. The lowest BCUT2D eigenvalue weighted by molar-refractivity contribution is 0.0945. The first-order valence-corrected chi connectivity index (χ1v) is 7.97. The first-order chi connectivity index (χ1) is 10.3. The molecule has 2 rings (SSSR count). The average molecular weight is 322 g/mol. The summed E-state index contributed by atoms with van der Waals surface area (Å²) in [6.45, 7) is 0.245. The maximum absolute atomic E-state index is 11.8. The van der Waals surface area contributed by atoms with Gasteiger partial charge < -0.3 is 5.32 Å². The fraction of sp³-hybridized carbons (Fsp3) is 0.154. The maximum atomic E-state index is 11.8. The van der Waals surface area contributed by atoms with E-state index in [1.807, 2.05) is 0 Å². The number of aromatic nitrogens is 2. The second-order valence-corrected chi connectivity index (χ2v) is 6.23. The zero-order chi connectivity index (χ0) is 16.2. The van der Waals surface area contributed by atoms with Crippen molar-refractivity contribution in [3.05, 3.63) is 63.6 Å². The molecule has 0 aliphatic heterocycles. The molecule has 116 valence electrons. The van der Waals surface area contributed by atoms with Crippen molar-refractivity contribution in [3.63, 3.8) is 0 Å². The van der Waals surface area contributed by atoms with Crippen LogP contribution in [0.4, 0.5) is 0 Å². The molecular formula is C13H14N4O4S. The molecule has 4 N–H and O–H groups in total. The van der Waals surface area contributed by atoms with Crippen LogP contribution >= 0.6 is 0 Å². The maximum Gasteiger partial charge on any atom is 0.271 e. The van der Waals surface area contributed by atoms with Gasteiger partial charge in [0.05, 0.1) is 5.75 Å². The van der Waals surface area contributed by atoms with Crippen molar-refractivity contribution in [2.75, 3.05) is 0 Å². The van der Waals surface area contributed by atoms with Crippen LogP contribution in [0.2, 0.25) is 0 Å². The number of carbonyl (C=O) groups excluding carboxylic acids is 1. The fourth-order valence-electron chi connectivity index (χ4n) is 1.73. The van der Waals surface area contributed by atoms with Crippen LogP contribution in [0.25, 0.3) is 0 Å². The number of hydrogen-bond donors (Lipinski definition) is 3. The molecule has 0 radical (unpaired) electrons. The number of nitrogens with one attached hydrogen (secondary N) is 2. The molecule has 0 fully saturated rings. The Balaban J connectivity index is 1.95. The largest absolute Gasteiger partial charge is 0.347 e. The first-order valence-electron chi connectivity index (χ1n) is 6.26. The first kappa shape index (κ1) is 15.9. The van der Waals surface area contributed by atoms with E-state index in [0.29, 0.717) is 5.56 Å². The molecule has 22 heavy (non-hydrogen) atoms. The van der Waals surface area contributed by atoms with E-state index in [1.165, 1.54) is 12.1 Å². The molecule has 0 spiro atoms. The summed E-state index contributed by atoms with van der Waals surface area (Å²) in [5.74, 6) is -0.661. The molecule has 0 bridgehead atoms. The highest BCUT2D eigenvalue weighted by Crippen LogP contribution is 2.07. The Bertz CT molecular complexity index is 807. The molecule has 9 heteroatoms. The predicted octanol–water partition coefficient (Wildman–Crippen LogP) is -0.512. The van der Waals surface area contributed by atoms with Gasteiger partial charge in [0, 0.05) is 12.6 Å². The highest BCUT2D eigenvalue weighted by molar-refractivity contribution is 7.88. The van der Waals surface area contributed by atoms with Crippen LogP contribution in [-0.4, -0.2) is 24.5 Å². The zero-order valence-corrected chi connectivity index (χ0v) is 12.3. The van der Waals surface area contributed by atoms with Gasteiger partial charge in [-0.05, 0) is 17.2 Å². The number of nitrogens with two attached hydrogens (primary N) is 1. The summed E-state index contributed by atoms with van der Waals surface area (Å²) < 4.78 is 21.9. The summed E-state index contributed by atoms with van der Waals surface area (Å²) in [5.41, 5.74) is 1.07. The SMILES string of the molecule is NS(=O)(=O)Cc1ccc(CNC(=O)c2ccc(=O)[nH]n2)cc1. The van der Waals surface area contributed by atoms with Gasteiger partial charge >= 0.3 is 0 Å². The smallest absolute Gasteiger partial charge is 0.271 e. The molecule has 2 aromatic rings. The summed E-state index contributed by atoms with van der Waals surface area (Å²) in [6.07, 6.45) is 0. The summed E-state index contributed by atoms with van der Waals surface area (Å²) in [7, 11) is -3.56. The van der Waals surface area contributed by atoms with Crippen LogP contribution in [0.1, 0.15) is 21.6 Å². The molecule has 0 atom stereocenters. The highest BCUT2D eigenvalue weighted by atomic mass is 32.2. The van der Waals surface area contributed by atoms with Crippen molar-refractivity contribution < 1.29 is 13.2 Å². The third-order valence-electron chi connectivity index (χ3n) is 2.76. The number of carbonyl (C=O) groups is 1. The van der Waals surface area contributed by atoms with Crippen LogP contribution in [0, 0.1) is 0 Å². The molecule has 1 aromatic heterocycles. The van der Waals surface area contributed by atoms with Gasteiger partial charge in [0.2, 0.25) is 10.0 Å². The van der Waals surface area contributed by atoms with E-state index in [4.69, 9.17) is 5.14 Å².